The lowest BCUT2D eigenvalue weighted by Crippen LogP contribution is -2.38. The van der Waals surface area contributed by atoms with Crippen LogP contribution in [-0.4, -0.2) is 30.9 Å². The summed E-state index contributed by atoms with van der Waals surface area (Å²) >= 11 is 5.98. The van der Waals surface area contributed by atoms with E-state index in [0.29, 0.717) is 11.6 Å². The van der Waals surface area contributed by atoms with E-state index < -0.39 is 0 Å². The monoisotopic (exact) mass is 284 g/mol. The summed E-state index contributed by atoms with van der Waals surface area (Å²) in [5.41, 5.74) is 0.771. The fraction of sp³-hybridized carbons (Fsp3) is 0.500. The third-order valence-electron chi connectivity index (χ3n) is 3.49. The summed E-state index contributed by atoms with van der Waals surface area (Å²) in [5, 5.41) is 3.61. The van der Waals surface area contributed by atoms with Crippen LogP contribution in [0.3, 0.4) is 0 Å². The van der Waals surface area contributed by atoms with E-state index in [1.165, 1.54) is 12.1 Å². The van der Waals surface area contributed by atoms with Gasteiger partial charge in [-0.05, 0) is 43.6 Å². The van der Waals surface area contributed by atoms with Crippen molar-refractivity contribution >= 4 is 17.5 Å². The molecule has 1 aliphatic rings. The number of rotatable bonds is 3. The van der Waals surface area contributed by atoms with Gasteiger partial charge in [0.05, 0.1) is 0 Å². The smallest absolute Gasteiger partial charge is 0.225 e. The second kappa shape index (κ2) is 6.35. The van der Waals surface area contributed by atoms with Gasteiger partial charge in [-0.1, -0.05) is 17.7 Å². The Morgan fingerprint density at radius 1 is 1.47 bits per heavy atom. The molecule has 104 valence electrons. The largest absolute Gasteiger partial charge is 0.341 e. The van der Waals surface area contributed by atoms with Gasteiger partial charge >= 0.3 is 0 Å². The van der Waals surface area contributed by atoms with Crippen LogP contribution in [0, 0.1) is 11.7 Å². The van der Waals surface area contributed by atoms with Crippen molar-refractivity contribution in [2.45, 2.75) is 19.4 Å². The maximum Gasteiger partial charge on any atom is 0.225 e. The molecule has 0 bridgehead atoms. The maximum absolute atomic E-state index is 13.0. The van der Waals surface area contributed by atoms with Gasteiger partial charge in [0.2, 0.25) is 5.91 Å². The third kappa shape index (κ3) is 3.67. The Labute approximate surface area is 117 Å². The van der Waals surface area contributed by atoms with Gasteiger partial charge in [-0.15, -0.1) is 0 Å². The van der Waals surface area contributed by atoms with Crippen molar-refractivity contribution in [3.05, 3.63) is 34.6 Å². The normalized spacial score (nSPS) is 16.4. The zero-order chi connectivity index (χ0) is 13.8. The number of hydrogen-bond acceptors (Lipinski definition) is 2. The van der Waals surface area contributed by atoms with Crippen LogP contribution >= 0.6 is 11.6 Å². The summed E-state index contributed by atoms with van der Waals surface area (Å²) in [6.45, 7) is 2.20. The van der Waals surface area contributed by atoms with E-state index in [2.05, 4.69) is 5.32 Å². The van der Waals surface area contributed by atoms with Gasteiger partial charge in [0, 0.05) is 24.5 Å². The predicted octanol–water partition coefficient (Wildman–Crippen LogP) is 2.44. The zero-order valence-electron chi connectivity index (χ0n) is 11.0. The molecule has 5 heteroatoms. The second-order valence-electron chi connectivity index (χ2n) is 4.95. The Bertz CT molecular complexity index is 461. The van der Waals surface area contributed by atoms with Crippen LogP contribution in [0.25, 0.3) is 0 Å². The van der Waals surface area contributed by atoms with E-state index in [-0.39, 0.29) is 17.6 Å². The fourth-order valence-electron chi connectivity index (χ4n) is 2.36. The molecule has 1 aliphatic heterocycles. The summed E-state index contributed by atoms with van der Waals surface area (Å²) in [7, 11) is 1.77. The number of carbonyl (C=O) groups is 1. The molecule has 0 aliphatic carbocycles. The molecule has 0 aromatic heterocycles. The van der Waals surface area contributed by atoms with Crippen LogP contribution in [0.1, 0.15) is 18.4 Å². The lowest BCUT2D eigenvalue weighted by atomic mass is 9.96. The molecule has 1 heterocycles. The Hall–Kier alpha value is -1.13. The average molecular weight is 285 g/mol. The minimum absolute atomic E-state index is 0.0884. The number of piperidine rings is 1. The Kier molecular flexibility index (Phi) is 4.77. The van der Waals surface area contributed by atoms with Gasteiger partial charge in [0.25, 0.3) is 0 Å². The van der Waals surface area contributed by atoms with Gasteiger partial charge in [-0.3, -0.25) is 4.79 Å². The highest BCUT2D eigenvalue weighted by molar-refractivity contribution is 6.31. The summed E-state index contributed by atoms with van der Waals surface area (Å²) in [6, 6.07) is 4.27. The molecule has 1 aromatic carbocycles. The molecule has 3 nitrogen and oxygen atoms in total. The maximum atomic E-state index is 13.0. The summed E-state index contributed by atoms with van der Waals surface area (Å²) < 4.78 is 13.0. The van der Waals surface area contributed by atoms with Crippen LogP contribution < -0.4 is 5.32 Å². The van der Waals surface area contributed by atoms with Crippen LogP contribution in [0.2, 0.25) is 5.02 Å². The number of carbonyl (C=O) groups excluding carboxylic acids is 1. The van der Waals surface area contributed by atoms with Crippen molar-refractivity contribution in [1.29, 1.82) is 0 Å². The highest BCUT2D eigenvalue weighted by atomic mass is 35.5. The van der Waals surface area contributed by atoms with Crippen molar-refractivity contribution < 1.29 is 9.18 Å². The standard InChI is InChI=1S/C14H18ClFN2O/c1-18(14(19)10-4-6-17-7-5-10)9-11-2-3-12(16)8-13(11)15/h2-3,8,10,17H,4-7,9H2,1H3. The Morgan fingerprint density at radius 2 is 2.16 bits per heavy atom. The number of benzene rings is 1. The molecular weight excluding hydrogens is 267 g/mol. The first-order valence-electron chi connectivity index (χ1n) is 6.47. The average Bonchev–Trinajstić information content (AvgIpc) is 2.42. The topological polar surface area (TPSA) is 32.3 Å². The molecule has 1 aromatic rings. The number of nitrogens with zero attached hydrogens (tertiary/aromatic N) is 1. The molecule has 0 atom stereocenters. The number of hydrogen-bond donors (Lipinski definition) is 1. The molecule has 0 spiro atoms. The van der Waals surface area contributed by atoms with E-state index >= 15 is 0 Å². The molecule has 2 rings (SSSR count). The highest BCUT2D eigenvalue weighted by Crippen LogP contribution is 2.21. The molecule has 1 fully saturated rings. The fourth-order valence-corrected chi connectivity index (χ4v) is 2.59. The molecule has 19 heavy (non-hydrogen) atoms. The van der Waals surface area contributed by atoms with E-state index in [1.807, 2.05) is 0 Å². The number of halogens is 2. The van der Waals surface area contributed by atoms with Crippen LogP contribution in [0.4, 0.5) is 4.39 Å². The quantitative estimate of drug-likeness (QED) is 0.925. The van der Waals surface area contributed by atoms with E-state index in [0.717, 1.165) is 31.5 Å². The SMILES string of the molecule is CN(Cc1ccc(F)cc1Cl)C(=O)C1CCNCC1. The Morgan fingerprint density at radius 3 is 2.79 bits per heavy atom. The number of nitrogens with one attached hydrogen (secondary N) is 1. The minimum atomic E-state index is -0.360. The molecule has 1 saturated heterocycles. The molecule has 0 unspecified atom stereocenters. The first-order chi connectivity index (χ1) is 9.08. The predicted molar refractivity (Wildman–Crippen MR) is 73.5 cm³/mol. The van der Waals surface area contributed by atoms with Crippen molar-refractivity contribution in [2.24, 2.45) is 5.92 Å². The van der Waals surface area contributed by atoms with Gasteiger partial charge in [-0.2, -0.15) is 0 Å². The zero-order valence-corrected chi connectivity index (χ0v) is 11.7. The number of amides is 1. The van der Waals surface area contributed by atoms with Crippen molar-refractivity contribution in [2.75, 3.05) is 20.1 Å². The van der Waals surface area contributed by atoms with Gasteiger partial charge in [0.1, 0.15) is 5.82 Å². The first-order valence-corrected chi connectivity index (χ1v) is 6.85. The molecule has 0 radical (unpaired) electrons. The van der Waals surface area contributed by atoms with Crippen molar-refractivity contribution in [1.82, 2.24) is 10.2 Å². The van der Waals surface area contributed by atoms with Crippen molar-refractivity contribution in [3.63, 3.8) is 0 Å². The lowest BCUT2D eigenvalue weighted by molar-refractivity contribution is -0.135. The third-order valence-corrected chi connectivity index (χ3v) is 3.84. The van der Waals surface area contributed by atoms with E-state index in [4.69, 9.17) is 11.6 Å². The summed E-state index contributed by atoms with van der Waals surface area (Å²) in [4.78, 5) is 13.9. The lowest BCUT2D eigenvalue weighted by Gasteiger charge is -2.27. The molecule has 1 amide bonds. The molecule has 0 saturated carbocycles. The molecule has 1 N–H and O–H groups in total. The van der Waals surface area contributed by atoms with E-state index in [9.17, 15) is 9.18 Å². The molecular formula is C14H18ClFN2O. The summed E-state index contributed by atoms with van der Waals surface area (Å²) in [5.74, 6) is -0.131. The van der Waals surface area contributed by atoms with Crippen LogP contribution in [0.15, 0.2) is 18.2 Å². The van der Waals surface area contributed by atoms with Crippen LogP contribution in [0.5, 0.6) is 0 Å². The van der Waals surface area contributed by atoms with E-state index in [1.54, 1.807) is 18.0 Å². The minimum Gasteiger partial charge on any atom is -0.341 e. The van der Waals surface area contributed by atoms with Gasteiger partial charge in [-0.25, -0.2) is 4.39 Å². The Balaban J connectivity index is 1.99. The highest BCUT2D eigenvalue weighted by Gasteiger charge is 2.24. The second-order valence-corrected chi connectivity index (χ2v) is 5.36. The van der Waals surface area contributed by atoms with Crippen LogP contribution in [-0.2, 0) is 11.3 Å². The van der Waals surface area contributed by atoms with Gasteiger partial charge in [0.15, 0.2) is 0 Å². The van der Waals surface area contributed by atoms with Gasteiger partial charge < -0.3 is 10.2 Å². The first kappa shape index (κ1) is 14.3. The summed E-state index contributed by atoms with van der Waals surface area (Å²) in [6.07, 6.45) is 1.75. The van der Waals surface area contributed by atoms with Crippen molar-refractivity contribution in [3.8, 4) is 0 Å².